The van der Waals surface area contributed by atoms with E-state index in [2.05, 4.69) is 10.3 Å². The molecule has 0 aromatic rings. The van der Waals surface area contributed by atoms with Crippen LogP contribution in [0.3, 0.4) is 0 Å². The normalized spacial score (nSPS) is 28.1. The molecule has 0 aromatic carbocycles. The average molecular weight is 213 g/mol. The zero-order valence-corrected chi connectivity index (χ0v) is 9.95. The lowest BCUT2D eigenvalue weighted by Crippen LogP contribution is -2.45. The standard InChI is InChI=1S/C11H23N3O/c1-11(2,3)14-10(12)13-9-6-4-5-8(9)7-15/h8-9,15H,4-7H2,1-3H3,(H3,12,13,14). The molecule has 0 aromatic heterocycles. The number of nitrogens with one attached hydrogen (secondary N) is 1. The number of rotatable bonds is 2. The highest BCUT2D eigenvalue weighted by Gasteiger charge is 2.26. The number of hydrogen-bond acceptors (Lipinski definition) is 2. The van der Waals surface area contributed by atoms with E-state index in [1.54, 1.807) is 0 Å². The Morgan fingerprint density at radius 3 is 2.67 bits per heavy atom. The molecular formula is C11H23N3O. The van der Waals surface area contributed by atoms with Gasteiger partial charge in [0.1, 0.15) is 0 Å². The van der Waals surface area contributed by atoms with Gasteiger partial charge in [0.15, 0.2) is 5.96 Å². The Morgan fingerprint density at radius 2 is 2.13 bits per heavy atom. The Hall–Kier alpha value is -0.770. The fourth-order valence-corrected chi connectivity index (χ4v) is 2.00. The summed E-state index contributed by atoms with van der Waals surface area (Å²) in [5.74, 6) is 0.790. The lowest BCUT2D eigenvalue weighted by molar-refractivity contribution is 0.218. The lowest BCUT2D eigenvalue weighted by atomic mass is 10.1. The molecule has 1 saturated carbocycles. The zero-order valence-electron chi connectivity index (χ0n) is 9.95. The first-order valence-electron chi connectivity index (χ1n) is 5.64. The van der Waals surface area contributed by atoms with Crippen LogP contribution < -0.4 is 11.1 Å². The largest absolute Gasteiger partial charge is 0.396 e. The quantitative estimate of drug-likeness (QED) is 0.470. The molecule has 15 heavy (non-hydrogen) atoms. The predicted molar refractivity (Wildman–Crippen MR) is 62.7 cm³/mol. The highest BCUT2D eigenvalue weighted by molar-refractivity contribution is 5.78. The summed E-state index contributed by atoms with van der Waals surface area (Å²) in [6.45, 7) is 6.37. The molecule has 0 amide bonds. The van der Waals surface area contributed by atoms with Gasteiger partial charge in [-0.25, -0.2) is 4.99 Å². The van der Waals surface area contributed by atoms with Crippen LogP contribution in [-0.4, -0.2) is 29.3 Å². The molecular weight excluding hydrogens is 190 g/mol. The van der Waals surface area contributed by atoms with Crippen molar-refractivity contribution in [2.24, 2.45) is 16.6 Å². The molecule has 0 aliphatic heterocycles. The van der Waals surface area contributed by atoms with Crippen molar-refractivity contribution in [2.75, 3.05) is 6.61 Å². The molecule has 2 atom stereocenters. The van der Waals surface area contributed by atoms with Crippen LogP contribution in [0.25, 0.3) is 0 Å². The Labute approximate surface area is 92.0 Å². The van der Waals surface area contributed by atoms with Gasteiger partial charge in [0.2, 0.25) is 0 Å². The Bertz CT molecular complexity index is 232. The summed E-state index contributed by atoms with van der Waals surface area (Å²) in [5.41, 5.74) is 5.76. The van der Waals surface area contributed by atoms with Crippen molar-refractivity contribution in [3.8, 4) is 0 Å². The third-order valence-electron chi connectivity index (χ3n) is 2.66. The van der Waals surface area contributed by atoms with Crippen molar-refractivity contribution >= 4 is 5.96 Å². The van der Waals surface area contributed by atoms with Crippen LogP contribution in [0.5, 0.6) is 0 Å². The molecule has 1 aliphatic carbocycles. The summed E-state index contributed by atoms with van der Waals surface area (Å²) in [4.78, 5) is 4.44. The molecule has 0 bridgehead atoms. The number of nitrogens with two attached hydrogens (primary N) is 1. The molecule has 0 heterocycles. The molecule has 0 spiro atoms. The third-order valence-corrected chi connectivity index (χ3v) is 2.66. The number of nitrogens with zero attached hydrogens (tertiary/aromatic N) is 1. The first-order chi connectivity index (χ1) is 6.92. The number of guanidine groups is 1. The molecule has 1 rings (SSSR count). The van der Waals surface area contributed by atoms with Gasteiger partial charge in [-0.15, -0.1) is 0 Å². The number of aliphatic hydroxyl groups is 1. The predicted octanol–water partition coefficient (Wildman–Crippen LogP) is 0.850. The van der Waals surface area contributed by atoms with Crippen LogP contribution in [0.15, 0.2) is 4.99 Å². The molecule has 0 radical (unpaired) electrons. The van der Waals surface area contributed by atoms with E-state index in [0.717, 1.165) is 19.3 Å². The van der Waals surface area contributed by atoms with Gasteiger partial charge < -0.3 is 16.2 Å². The maximum Gasteiger partial charge on any atom is 0.189 e. The van der Waals surface area contributed by atoms with Crippen LogP contribution in [0.1, 0.15) is 40.0 Å². The van der Waals surface area contributed by atoms with Gasteiger partial charge in [-0.3, -0.25) is 0 Å². The van der Waals surface area contributed by atoms with E-state index in [-0.39, 0.29) is 18.2 Å². The van der Waals surface area contributed by atoms with E-state index in [4.69, 9.17) is 10.8 Å². The van der Waals surface area contributed by atoms with Crippen molar-refractivity contribution in [1.29, 1.82) is 0 Å². The van der Waals surface area contributed by atoms with Crippen molar-refractivity contribution in [3.05, 3.63) is 0 Å². The van der Waals surface area contributed by atoms with E-state index >= 15 is 0 Å². The van der Waals surface area contributed by atoms with Gasteiger partial charge in [-0.2, -0.15) is 0 Å². The summed E-state index contributed by atoms with van der Waals surface area (Å²) < 4.78 is 0. The monoisotopic (exact) mass is 213 g/mol. The van der Waals surface area contributed by atoms with E-state index in [0.29, 0.717) is 11.9 Å². The molecule has 4 N–H and O–H groups in total. The topological polar surface area (TPSA) is 70.6 Å². The summed E-state index contributed by atoms with van der Waals surface area (Å²) in [7, 11) is 0. The highest BCUT2D eigenvalue weighted by Crippen LogP contribution is 2.27. The minimum Gasteiger partial charge on any atom is -0.396 e. The molecule has 2 unspecified atom stereocenters. The SMILES string of the molecule is CC(C)(C)NC(N)=NC1CCCC1CO. The zero-order chi connectivity index (χ0) is 11.5. The Morgan fingerprint density at radius 1 is 1.47 bits per heavy atom. The molecule has 88 valence electrons. The summed E-state index contributed by atoms with van der Waals surface area (Å²) in [6.07, 6.45) is 3.24. The van der Waals surface area contributed by atoms with Crippen LogP contribution in [-0.2, 0) is 0 Å². The van der Waals surface area contributed by atoms with Crippen molar-refractivity contribution in [2.45, 2.75) is 51.6 Å². The van der Waals surface area contributed by atoms with E-state index in [1.165, 1.54) is 0 Å². The van der Waals surface area contributed by atoms with Crippen LogP contribution in [0, 0.1) is 5.92 Å². The fraction of sp³-hybridized carbons (Fsp3) is 0.909. The average Bonchev–Trinajstić information content (AvgIpc) is 2.48. The Kier molecular flexibility index (Phi) is 3.97. The van der Waals surface area contributed by atoms with Crippen molar-refractivity contribution in [1.82, 2.24) is 5.32 Å². The smallest absolute Gasteiger partial charge is 0.189 e. The third kappa shape index (κ3) is 4.08. The summed E-state index contributed by atoms with van der Waals surface area (Å²) in [6, 6.07) is 0.199. The van der Waals surface area contributed by atoms with Crippen molar-refractivity contribution in [3.63, 3.8) is 0 Å². The van der Waals surface area contributed by atoms with E-state index in [1.807, 2.05) is 20.8 Å². The minimum absolute atomic E-state index is 0.0547. The second-order valence-electron chi connectivity index (χ2n) is 5.33. The lowest BCUT2D eigenvalue weighted by Gasteiger charge is -2.22. The second-order valence-corrected chi connectivity index (χ2v) is 5.33. The highest BCUT2D eigenvalue weighted by atomic mass is 16.3. The molecule has 4 heteroatoms. The van der Waals surface area contributed by atoms with Gasteiger partial charge >= 0.3 is 0 Å². The molecule has 1 fully saturated rings. The maximum absolute atomic E-state index is 9.15. The molecule has 4 nitrogen and oxygen atoms in total. The molecule has 0 saturated heterocycles. The van der Waals surface area contributed by atoms with Gasteiger partial charge in [0, 0.05) is 18.1 Å². The van der Waals surface area contributed by atoms with Crippen LogP contribution in [0.4, 0.5) is 0 Å². The first kappa shape index (κ1) is 12.3. The number of hydrogen-bond donors (Lipinski definition) is 3. The second kappa shape index (κ2) is 4.84. The van der Waals surface area contributed by atoms with Gasteiger partial charge in [-0.1, -0.05) is 6.42 Å². The number of aliphatic imine (C=N–C) groups is 1. The molecule has 1 aliphatic rings. The van der Waals surface area contributed by atoms with Gasteiger partial charge in [-0.05, 0) is 33.6 Å². The van der Waals surface area contributed by atoms with E-state index < -0.39 is 0 Å². The summed E-state index contributed by atoms with van der Waals surface area (Å²) >= 11 is 0. The van der Waals surface area contributed by atoms with Gasteiger partial charge in [0.25, 0.3) is 0 Å². The van der Waals surface area contributed by atoms with Gasteiger partial charge in [0.05, 0.1) is 6.04 Å². The minimum atomic E-state index is -0.0547. The summed E-state index contributed by atoms with van der Waals surface area (Å²) in [5, 5.41) is 12.3. The van der Waals surface area contributed by atoms with E-state index in [9.17, 15) is 0 Å². The fourth-order valence-electron chi connectivity index (χ4n) is 2.00. The maximum atomic E-state index is 9.15. The van der Waals surface area contributed by atoms with Crippen LogP contribution in [0.2, 0.25) is 0 Å². The Balaban J connectivity index is 2.54. The first-order valence-corrected chi connectivity index (χ1v) is 5.64. The van der Waals surface area contributed by atoms with Crippen LogP contribution >= 0.6 is 0 Å². The van der Waals surface area contributed by atoms with Crippen molar-refractivity contribution < 1.29 is 5.11 Å². The number of aliphatic hydroxyl groups excluding tert-OH is 1.